The Morgan fingerprint density at radius 3 is 1.43 bits per heavy atom. The Balaban J connectivity index is 1.45. The zero-order chi connectivity index (χ0) is 13.9. The number of alkyl halides is 1. The fraction of sp³-hybridized carbons (Fsp3) is 1.00. The van der Waals surface area contributed by atoms with Gasteiger partial charge in [0.2, 0.25) is 0 Å². The van der Waals surface area contributed by atoms with Crippen molar-refractivity contribution in [3.63, 3.8) is 0 Å². The normalized spacial score (nSPS) is 67.0. The molecule has 0 nitrogen and oxygen atoms in total. The zero-order valence-corrected chi connectivity index (χ0v) is 14.0. The van der Waals surface area contributed by atoms with Gasteiger partial charge in [-0.1, -0.05) is 0 Å². The molecule has 1 heteroatoms. The van der Waals surface area contributed by atoms with Crippen LogP contribution in [0.15, 0.2) is 0 Å². The van der Waals surface area contributed by atoms with Crippen molar-refractivity contribution in [2.24, 2.45) is 40.4 Å². The molecule has 0 spiro atoms. The molecule has 116 valence electrons. The van der Waals surface area contributed by atoms with Crippen LogP contribution in [0.4, 0.5) is 0 Å². The van der Waals surface area contributed by atoms with Gasteiger partial charge in [0.1, 0.15) is 0 Å². The lowest BCUT2D eigenvalue weighted by Crippen LogP contribution is -2.63. The lowest BCUT2D eigenvalue weighted by Gasteiger charge is -2.71. The van der Waals surface area contributed by atoms with Crippen LogP contribution in [0.2, 0.25) is 0 Å². The van der Waals surface area contributed by atoms with E-state index in [1.54, 1.807) is 51.4 Å². The Morgan fingerprint density at radius 2 is 0.952 bits per heavy atom. The molecule has 2 atom stereocenters. The highest BCUT2D eigenvalue weighted by Gasteiger charge is 2.67. The van der Waals surface area contributed by atoms with E-state index in [0.717, 1.165) is 35.0 Å². The van der Waals surface area contributed by atoms with Gasteiger partial charge in [-0.15, -0.1) is 11.6 Å². The van der Waals surface area contributed by atoms with E-state index in [-0.39, 0.29) is 4.87 Å². The lowest BCUT2D eigenvalue weighted by molar-refractivity contribution is -0.194. The predicted octanol–water partition coefficient (Wildman–Crippen LogP) is 5.78. The van der Waals surface area contributed by atoms with Crippen LogP contribution in [-0.2, 0) is 0 Å². The Morgan fingerprint density at radius 1 is 0.524 bits per heavy atom. The van der Waals surface area contributed by atoms with E-state index in [4.69, 9.17) is 11.6 Å². The van der Waals surface area contributed by atoms with Gasteiger partial charge in [0.15, 0.2) is 0 Å². The average molecular weight is 305 g/mol. The van der Waals surface area contributed by atoms with E-state index in [2.05, 4.69) is 0 Å². The molecule has 2 unspecified atom stereocenters. The molecule has 0 aliphatic heterocycles. The smallest absolute Gasteiger partial charge is 0.0457 e. The second-order valence-electron chi connectivity index (χ2n) is 10.6. The highest BCUT2D eigenvalue weighted by atomic mass is 35.5. The Labute approximate surface area is 134 Å². The molecule has 21 heavy (non-hydrogen) atoms. The van der Waals surface area contributed by atoms with Crippen LogP contribution in [-0.4, -0.2) is 4.87 Å². The second-order valence-corrected chi connectivity index (χ2v) is 11.4. The third-order valence-corrected chi connectivity index (χ3v) is 9.60. The summed E-state index contributed by atoms with van der Waals surface area (Å²) in [6.07, 6.45) is 18.4. The van der Waals surface area contributed by atoms with Crippen LogP contribution in [0, 0.1) is 40.4 Å². The summed E-state index contributed by atoms with van der Waals surface area (Å²) in [4.78, 5) is 0.230. The highest BCUT2D eigenvalue weighted by molar-refractivity contribution is 6.24. The van der Waals surface area contributed by atoms with Crippen LogP contribution >= 0.6 is 11.6 Å². The molecule has 0 aromatic carbocycles. The fourth-order valence-electron chi connectivity index (χ4n) is 9.53. The van der Waals surface area contributed by atoms with Crippen molar-refractivity contribution in [1.29, 1.82) is 0 Å². The largest absolute Gasteiger partial charge is 0.119 e. The van der Waals surface area contributed by atoms with Gasteiger partial charge in [-0.2, -0.15) is 0 Å². The summed E-state index contributed by atoms with van der Waals surface area (Å²) in [5.74, 6) is 5.31. The van der Waals surface area contributed by atoms with Gasteiger partial charge in [-0.25, -0.2) is 0 Å². The summed E-state index contributed by atoms with van der Waals surface area (Å²) in [7, 11) is 0. The molecule has 8 aliphatic rings. The van der Waals surface area contributed by atoms with Gasteiger partial charge in [0.25, 0.3) is 0 Å². The Hall–Kier alpha value is 0.290. The SMILES string of the molecule is ClC12CC3CC(C1)CC(C14CC5CC(CC(C5)C1)C4)(C3)C2. The van der Waals surface area contributed by atoms with Crippen molar-refractivity contribution in [1.82, 2.24) is 0 Å². The van der Waals surface area contributed by atoms with Crippen molar-refractivity contribution >= 4 is 11.6 Å². The molecule has 8 fully saturated rings. The third kappa shape index (κ3) is 1.54. The first kappa shape index (κ1) is 12.7. The summed E-state index contributed by atoms with van der Waals surface area (Å²) < 4.78 is 0. The molecule has 0 aromatic heterocycles. The maximum Gasteiger partial charge on any atom is 0.0457 e. The molecule has 0 amide bonds. The maximum absolute atomic E-state index is 7.16. The minimum atomic E-state index is 0.230. The molecule has 0 heterocycles. The van der Waals surface area contributed by atoms with Gasteiger partial charge in [0, 0.05) is 4.87 Å². The molecule has 8 rings (SSSR count). The molecule has 8 aliphatic carbocycles. The van der Waals surface area contributed by atoms with Crippen LogP contribution < -0.4 is 0 Å². The molecule has 0 aromatic rings. The van der Waals surface area contributed by atoms with Crippen molar-refractivity contribution in [3.8, 4) is 0 Å². The van der Waals surface area contributed by atoms with Gasteiger partial charge in [0.05, 0.1) is 0 Å². The zero-order valence-electron chi connectivity index (χ0n) is 13.2. The van der Waals surface area contributed by atoms with Crippen LogP contribution in [0.25, 0.3) is 0 Å². The molecule has 0 saturated heterocycles. The number of hydrogen-bond acceptors (Lipinski definition) is 0. The summed E-state index contributed by atoms with van der Waals surface area (Å²) in [6, 6.07) is 0. The molecule has 8 saturated carbocycles. The molecular weight excluding hydrogens is 276 g/mol. The van der Waals surface area contributed by atoms with E-state index < -0.39 is 0 Å². The van der Waals surface area contributed by atoms with E-state index in [1.807, 2.05) is 0 Å². The van der Waals surface area contributed by atoms with Crippen LogP contribution in [0.5, 0.6) is 0 Å². The molecule has 0 N–H and O–H groups in total. The first-order valence-corrected chi connectivity index (χ1v) is 10.1. The summed E-state index contributed by atoms with van der Waals surface area (Å²) in [5, 5.41) is 0. The average Bonchev–Trinajstić information content (AvgIpc) is 2.33. The van der Waals surface area contributed by atoms with Crippen molar-refractivity contribution in [3.05, 3.63) is 0 Å². The number of rotatable bonds is 1. The topological polar surface area (TPSA) is 0 Å². The Kier molecular flexibility index (Phi) is 2.22. The van der Waals surface area contributed by atoms with Gasteiger partial charge in [-0.3, -0.25) is 0 Å². The lowest BCUT2D eigenvalue weighted by atomic mass is 9.35. The summed E-state index contributed by atoms with van der Waals surface area (Å²) in [6.45, 7) is 0. The predicted molar refractivity (Wildman–Crippen MR) is 86.3 cm³/mol. The first-order chi connectivity index (χ1) is 10.1. The number of halogens is 1. The van der Waals surface area contributed by atoms with Crippen molar-refractivity contribution in [2.45, 2.75) is 81.9 Å². The maximum atomic E-state index is 7.16. The minimum Gasteiger partial charge on any atom is -0.119 e. The van der Waals surface area contributed by atoms with E-state index in [0.29, 0.717) is 5.41 Å². The monoisotopic (exact) mass is 304 g/mol. The van der Waals surface area contributed by atoms with Crippen molar-refractivity contribution in [2.75, 3.05) is 0 Å². The van der Waals surface area contributed by atoms with Crippen LogP contribution in [0.3, 0.4) is 0 Å². The molecule has 8 bridgehead atoms. The van der Waals surface area contributed by atoms with Crippen molar-refractivity contribution < 1.29 is 0 Å². The summed E-state index contributed by atoms with van der Waals surface area (Å²) >= 11 is 7.16. The standard InChI is InChI=1S/C20H29Cl/c21-20-10-16-4-17(11-20)9-19(8-16,12-20)18-5-13-1-14(6-18)3-15(2-13)7-18/h13-17H,1-12H2. The molecular formula is C20H29Cl. The Bertz CT molecular complexity index is 443. The third-order valence-electron chi connectivity index (χ3n) is 9.15. The second kappa shape index (κ2) is 3.68. The van der Waals surface area contributed by atoms with E-state index in [1.165, 1.54) is 25.7 Å². The van der Waals surface area contributed by atoms with Crippen LogP contribution in [0.1, 0.15) is 77.0 Å². The fourth-order valence-corrected chi connectivity index (χ4v) is 10.2. The quantitative estimate of drug-likeness (QED) is 0.539. The minimum absolute atomic E-state index is 0.230. The first-order valence-electron chi connectivity index (χ1n) is 9.74. The van der Waals surface area contributed by atoms with Gasteiger partial charge < -0.3 is 0 Å². The van der Waals surface area contributed by atoms with Gasteiger partial charge in [-0.05, 0) is 117 Å². The number of hydrogen-bond donors (Lipinski definition) is 0. The van der Waals surface area contributed by atoms with E-state index >= 15 is 0 Å². The van der Waals surface area contributed by atoms with E-state index in [9.17, 15) is 0 Å². The summed E-state index contributed by atoms with van der Waals surface area (Å²) in [5.41, 5.74) is 1.44. The van der Waals surface area contributed by atoms with Gasteiger partial charge >= 0.3 is 0 Å². The molecule has 0 radical (unpaired) electrons. The highest BCUT2D eigenvalue weighted by Crippen LogP contribution is 2.76.